The molecule has 6 heteroatoms. The molecule has 0 aliphatic carbocycles. The molecule has 4 rings (SSSR count). The van der Waals surface area contributed by atoms with Crippen LogP contribution < -0.4 is 14.5 Å². The predicted octanol–water partition coefficient (Wildman–Crippen LogP) is 3.93. The quantitative estimate of drug-likeness (QED) is 0.730. The van der Waals surface area contributed by atoms with Crippen molar-refractivity contribution in [1.29, 1.82) is 0 Å². The number of carbonyl (C=O) groups is 2. The van der Waals surface area contributed by atoms with Crippen molar-refractivity contribution < 1.29 is 14.3 Å². The van der Waals surface area contributed by atoms with Gasteiger partial charge in [-0.3, -0.25) is 9.59 Å². The summed E-state index contributed by atoms with van der Waals surface area (Å²) in [5.74, 6) is 0.766. The maximum Gasteiger partial charge on any atom is 0.227 e. The monoisotopic (exact) mass is 435 g/mol. The van der Waals surface area contributed by atoms with Crippen molar-refractivity contribution in [3.63, 3.8) is 0 Å². The molecular weight excluding hydrogens is 402 g/mol. The van der Waals surface area contributed by atoms with Crippen molar-refractivity contribution in [2.45, 2.75) is 52.7 Å². The van der Waals surface area contributed by atoms with Gasteiger partial charge in [-0.25, -0.2) is 0 Å². The highest BCUT2D eigenvalue weighted by molar-refractivity contribution is 5.97. The fourth-order valence-corrected chi connectivity index (χ4v) is 4.66. The van der Waals surface area contributed by atoms with Gasteiger partial charge < -0.3 is 19.4 Å². The van der Waals surface area contributed by atoms with Gasteiger partial charge in [0.2, 0.25) is 11.8 Å². The average molecular weight is 436 g/mol. The number of rotatable bonds is 4. The van der Waals surface area contributed by atoms with Gasteiger partial charge in [0.25, 0.3) is 0 Å². The number of amides is 2. The predicted molar refractivity (Wildman–Crippen MR) is 127 cm³/mol. The Morgan fingerprint density at radius 2 is 1.69 bits per heavy atom. The number of hydrogen-bond donors (Lipinski definition) is 0. The third-order valence-electron chi connectivity index (χ3n) is 6.34. The Kier molecular flexibility index (Phi) is 6.40. The number of benzene rings is 2. The second-order valence-electron chi connectivity index (χ2n) is 9.13. The summed E-state index contributed by atoms with van der Waals surface area (Å²) in [7, 11) is 0. The molecule has 6 nitrogen and oxygen atoms in total. The van der Waals surface area contributed by atoms with Crippen LogP contribution in [0.5, 0.6) is 5.75 Å². The van der Waals surface area contributed by atoms with Gasteiger partial charge in [-0.15, -0.1) is 0 Å². The van der Waals surface area contributed by atoms with Gasteiger partial charge in [-0.1, -0.05) is 18.2 Å². The lowest BCUT2D eigenvalue weighted by Crippen LogP contribution is -2.54. The van der Waals surface area contributed by atoms with E-state index in [9.17, 15) is 9.59 Å². The van der Waals surface area contributed by atoms with Gasteiger partial charge >= 0.3 is 0 Å². The van der Waals surface area contributed by atoms with Crippen LogP contribution in [-0.2, 0) is 9.59 Å². The van der Waals surface area contributed by atoms with Crippen LogP contribution in [0.4, 0.5) is 11.4 Å². The summed E-state index contributed by atoms with van der Waals surface area (Å²) >= 11 is 0. The van der Waals surface area contributed by atoms with Gasteiger partial charge in [0.1, 0.15) is 11.9 Å². The van der Waals surface area contributed by atoms with Crippen LogP contribution in [0.2, 0.25) is 0 Å². The highest BCUT2D eigenvalue weighted by atomic mass is 16.5. The van der Waals surface area contributed by atoms with Crippen molar-refractivity contribution in [3.05, 3.63) is 53.6 Å². The van der Waals surface area contributed by atoms with E-state index in [4.69, 9.17) is 4.74 Å². The van der Waals surface area contributed by atoms with E-state index in [1.54, 1.807) is 4.90 Å². The van der Waals surface area contributed by atoms with Crippen LogP contribution in [0.15, 0.2) is 42.5 Å². The summed E-state index contributed by atoms with van der Waals surface area (Å²) in [6, 6.07) is 14.6. The number of carbonyl (C=O) groups excluding carboxylic acids is 2. The van der Waals surface area contributed by atoms with E-state index in [-0.39, 0.29) is 36.8 Å². The molecule has 32 heavy (non-hydrogen) atoms. The number of fused-ring (bicyclic) bond motifs is 1. The SMILES string of the molecule is Cc1cccc(N2CCN(C(=O)CCC(=O)N3C[C@H](C)Oc4ccc(C)cc43)C[C@@H]2C)c1. The van der Waals surface area contributed by atoms with Crippen molar-refractivity contribution >= 4 is 23.2 Å². The summed E-state index contributed by atoms with van der Waals surface area (Å²) in [5, 5.41) is 0. The molecular formula is C26H33N3O3. The fraction of sp³-hybridized carbons (Fsp3) is 0.462. The Morgan fingerprint density at radius 3 is 2.44 bits per heavy atom. The highest BCUT2D eigenvalue weighted by Crippen LogP contribution is 2.34. The topological polar surface area (TPSA) is 53.1 Å². The first-order valence-corrected chi connectivity index (χ1v) is 11.5. The second-order valence-corrected chi connectivity index (χ2v) is 9.13. The standard InChI is InChI=1S/C26H33N3O3/c1-18-6-5-7-22(14-18)28-13-12-27(16-20(28)3)25(30)10-11-26(31)29-17-21(4)32-24-9-8-19(2)15-23(24)29/h5-9,14-15,20-21H,10-13,16-17H2,1-4H3/t20-,21-/m0/s1. The molecule has 0 spiro atoms. The van der Waals surface area contributed by atoms with E-state index in [1.165, 1.54) is 11.3 Å². The van der Waals surface area contributed by atoms with E-state index in [1.807, 2.05) is 36.9 Å². The Bertz CT molecular complexity index is 1010. The first kappa shape index (κ1) is 22.2. The number of nitrogens with zero attached hydrogens (tertiary/aromatic N) is 3. The summed E-state index contributed by atoms with van der Waals surface area (Å²) < 4.78 is 5.88. The van der Waals surface area contributed by atoms with E-state index in [2.05, 4.69) is 43.0 Å². The molecule has 0 radical (unpaired) electrons. The van der Waals surface area contributed by atoms with E-state index in [0.717, 1.165) is 23.5 Å². The minimum Gasteiger partial charge on any atom is -0.487 e. The van der Waals surface area contributed by atoms with Gasteiger partial charge in [-0.05, 0) is 63.1 Å². The number of hydrogen-bond acceptors (Lipinski definition) is 4. The Balaban J connectivity index is 1.35. The molecule has 0 aromatic heterocycles. The number of piperazine rings is 1. The van der Waals surface area contributed by atoms with Crippen LogP contribution in [0, 0.1) is 13.8 Å². The molecule has 2 aromatic rings. The maximum atomic E-state index is 13.0. The van der Waals surface area contributed by atoms with Crippen LogP contribution >= 0.6 is 0 Å². The Labute approximate surface area is 190 Å². The molecule has 2 heterocycles. The van der Waals surface area contributed by atoms with Crippen LogP contribution in [0.25, 0.3) is 0 Å². The minimum atomic E-state index is -0.0691. The third-order valence-corrected chi connectivity index (χ3v) is 6.34. The van der Waals surface area contributed by atoms with Crippen LogP contribution in [-0.4, -0.2) is 55.0 Å². The first-order valence-electron chi connectivity index (χ1n) is 11.5. The van der Waals surface area contributed by atoms with Crippen molar-refractivity contribution in [3.8, 4) is 5.75 Å². The van der Waals surface area contributed by atoms with Gasteiger partial charge in [0.05, 0.1) is 12.2 Å². The molecule has 0 saturated carbocycles. The molecule has 170 valence electrons. The summed E-state index contributed by atoms with van der Waals surface area (Å²) in [6.07, 6.45) is 0.384. The van der Waals surface area contributed by atoms with Crippen LogP contribution in [0.3, 0.4) is 0 Å². The molecule has 0 unspecified atom stereocenters. The zero-order chi connectivity index (χ0) is 22.8. The summed E-state index contributed by atoms with van der Waals surface area (Å²) in [6.45, 7) is 10.9. The molecule has 1 saturated heterocycles. The largest absolute Gasteiger partial charge is 0.487 e. The van der Waals surface area contributed by atoms with Crippen LogP contribution in [0.1, 0.15) is 37.8 Å². The van der Waals surface area contributed by atoms with E-state index < -0.39 is 0 Å². The molecule has 0 bridgehead atoms. The van der Waals surface area contributed by atoms with Crippen molar-refractivity contribution in [2.75, 3.05) is 36.0 Å². The van der Waals surface area contributed by atoms with Crippen molar-refractivity contribution in [2.24, 2.45) is 0 Å². The van der Waals surface area contributed by atoms with Gasteiger partial charge in [0.15, 0.2) is 0 Å². The minimum absolute atomic E-state index is 0.0215. The fourth-order valence-electron chi connectivity index (χ4n) is 4.66. The normalized spacial score (nSPS) is 20.6. The molecule has 2 amide bonds. The van der Waals surface area contributed by atoms with Gasteiger partial charge in [0, 0.05) is 44.2 Å². The molecule has 0 N–H and O–H groups in total. The molecule has 2 aromatic carbocycles. The van der Waals surface area contributed by atoms with Crippen molar-refractivity contribution in [1.82, 2.24) is 4.90 Å². The lowest BCUT2D eigenvalue weighted by atomic mass is 10.1. The Morgan fingerprint density at radius 1 is 0.938 bits per heavy atom. The highest BCUT2D eigenvalue weighted by Gasteiger charge is 2.30. The van der Waals surface area contributed by atoms with Gasteiger partial charge in [-0.2, -0.15) is 0 Å². The summed E-state index contributed by atoms with van der Waals surface area (Å²) in [5.41, 5.74) is 4.33. The van der Waals surface area contributed by atoms with E-state index in [0.29, 0.717) is 19.6 Å². The lowest BCUT2D eigenvalue weighted by molar-refractivity contribution is -0.133. The zero-order valence-electron chi connectivity index (χ0n) is 19.5. The van der Waals surface area contributed by atoms with E-state index >= 15 is 0 Å². The number of aryl methyl sites for hydroxylation is 2. The molecule has 2 aliphatic rings. The Hall–Kier alpha value is -3.02. The first-order chi connectivity index (χ1) is 15.3. The molecule has 2 atom stereocenters. The molecule has 1 fully saturated rings. The second kappa shape index (κ2) is 9.23. The molecule has 2 aliphatic heterocycles. The average Bonchev–Trinajstić information content (AvgIpc) is 2.76. The third kappa shape index (κ3) is 4.74. The smallest absolute Gasteiger partial charge is 0.227 e. The number of anilines is 2. The number of ether oxygens (including phenoxy) is 1. The maximum absolute atomic E-state index is 13.0. The lowest BCUT2D eigenvalue weighted by Gasteiger charge is -2.41. The summed E-state index contributed by atoms with van der Waals surface area (Å²) in [4.78, 5) is 32.0. The zero-order valence-corrected chi connectivity index (χ0v) is 19.5.